The Hall–Kier alpha value is -2.31. The first-order chi connectivity index (χ1) is 8.86. The number of fused-ring (bicyclic) bond motifs is 1. The van der Waals surface area contributed by atoms with Crippen LogP contribution in [0.4, 0.5) is 5.95 Å². The van der Waals surface area contributed by atoms with Gasteiger partial charge in [-0.2, -0.15) is 0 Å². The summed E-state index contributed by atoms with van der Waals surface area (Å²) in [5.41, 5.74) is 1.09. The minimum atomic E-state index is 0.292. The van der Waals surface area contributed by atoms with Crippen molar-refractivity contribution in [1.29, 1.82) is 0 Å². The summed E-state index contributed by atoms with van der Waals surface area (Å²) in [6, 6.07) is 5.85. The number of hydrogen-bond donors (Lipinski definition) is 1. The largest absolute Gasteiger partial charge is 0.454 e. The van der Waals surface area contributed by atoms with Crippen LogP contribution in [-0.4, -0.2) is 27.0 Å². The molecule has 0 saturated carbocycles. The molecule has 1 aliphatic rings. The monoisotopic (exact) mass is 247 g/mol. The van der Waals surface area contributed by atoms with Crippen LogP contribution in [0.25, 0.3) is 0 Å². The van der Waals surface area contributed by atoms with E-state index < -0.39 is 0 Å². The van der Waals surface area contributed by atoms with Crippen LogP contribution in [0.3, 0.4) is 0 Å². The Morgan fingerprint density at radius 1 is 1.33 bits per heavy atom. The van der Waals surface area contributed by atoms with Crippen LogP contribution in [0, 0.1) is 0 Å². The number of aryl methyl sites for hydroxylation is 1. The SMILES string of the molecule is CCn1nnnc1NCc1ccc2c(c1)OCO2. The molecule has 2 heterocycles. The van der Waals surface area contributed by atoms with Gasteiger partial charge < -0.3 is 14.8 Å². The molecule has 0 amide bonds. The summed E-state index contributed by atoms with van der Waals surface area (Å²) < 4.78 is 12.3. The summed E-state index contributed by atoms with van der Waals surface area (Å²) in [5.74, 6) is 2.23. The van der Waals surface area contributed by atoms with E-state index in [4.69, 9.17) is 9.47 Å². The van der Waals surface area contributed by atoms with Gasteiger partial charge in [0.25, 0.3) is 0 Å². The minimum absolute atomic E-state index is 0.292. The number of ether oxygens (including phenoxy) is 2. The number of rotatable bonds is 4. The zero-order chi connectivity index (χ0) is 12.4. The van der Waals surface area contributed by atoms with Gasteiger partial charge in [-0.15, -0.1) is 0 Å². The lowest BCUT2D eigenvalue weighted by Crippen LogP contribution is -2.07. The molecule has 1 N–H and O–H groups in total. The van der Waals surface area contributed by atoms with Crippen molar-refractivity contribution in [3.05, 3.63) is 23.8 Å². The molecule has 0 unspecified atom stereocenters. The number of anilines is 1. The van der Waals surface area contributed by atoms with Crippen LogP contribution in [0.1, 0.15) is 12.5 Å². The van der Waals surface area contributed by atoms with E-state index in [0.29, 0.717) is 19.3 Å². The van der Waals surface area contributed by atoms with Gasteiger partial charge in [-0.25, -0.2) is 4.68 Å². The molecule has 0 spiro atoms. The molecule has 0 radical (unpaired) electrons. The third-order valence-corrected chi connectivity index (χ3v) is 2.72. The second-order valence-corrected chi connectivity index (χ2v) is 3.86. The first-order valence-corrected chi connectivity index (χ1v) is 5.75. The Labute approximate surface area is 104 Å². The number of nitrogens with zero attached hydrogens (tertiary/aromatic N) is 4. The van der Waals surface area contributed by atoms with Crippen LogP contribution in [0.2, 0.25) is 0 Å². The van der Waals surface area contributed by atoms with Crippen molar-refractivity contribution in [2.75, 3.05) is 12.1 Å². The fraction of sp³-hybridized carbons (Fsp3) is 0.364. The Morgan fingerprint density at radius 2 is 2.22 bits per heavy atom. The molecule has 0 fully saturated rings. The van der Waals surface area contributed by atoms with E-state index in [9.17, 15) is 0 Å². The predicted molar refractivity (Wildman–Crippen MR) is 63.4 cm³/mol. The Balaban J connectivity index is 1.70. The molecular formula is C11H13N5O2. The highest BCUT2D eigenvalue weighted by Gasteiger charge is 2.13. The standard InChI is InChI=1S/C11H13N5O2/c1-2-16-11(13-14-15-16)12-6-8-3-4-9-10(5-8)18-7-17-9/h3-5H,2,6-7H2,1H3,(H,12,13,15). The van der Waals surface area contributed by atoms with Gasteiger partial charge in [0.1, 0.15) is 0 Å². The molecule has 18 heavy (non-hydrogen) atoms. The van der Waals surface area contributed by atoms with E-state index in [1.807, 2.05) is 25.1 Å². The van der Waals surface area contributed by atoms with Gasteiger partial charge in [-0.3, -0.25) is 0 Å². The molecule has 0 bridgehead atoms. The van der Waals surface area contributed by atoms with Gasteiger partial charge in [-0.1, -0.05) is 11.2 Å². The molecule has 0 atom stereocenters. The molecule has 1 aromatic heterocycles. The first-order valence-electron chi connectivity index (χ1n) is 5.75. The minimum Gasteiger partial charge on any atom is -0.454 e. The van der Waals surface area contributed by atoms with Gasteiger partial charge in [0.2, 0.25) is 12.7 Å². The molecule has 94 valence electrons. The molecule has 3 rings (SSSR count). The first kappa shape index (κ1) is 10.8. The van der Waals surface area contributed by atoms with Crippen LogP contribution >= 0.6 is 0 Å². The third-order valence-electron chi connectivity index (χ3n) is 2.72. The average molecular weight is 247 g/mol. The highest BCUT2D eigenvalue weighted by Crippen LogP contribution is 2.32. The summed E-state index contributed by atoms with van der Waals surface area (Å²) in [5, 5.41) is 14.6. The fourth-order valence-electron chi connectivity index (χ4n) is 1.78. The molecule has 0 saturated heterocycles. The lowest BCUT2D eigenvalue weighted by molar-refractivity contribution is 0.174. The van der Waals surface area contributed by atoms with Crippen molar-refractivity contribution >= 4 is 5.95 Å². The van der Waals surface area contributed by atoms with Crippen molar-refractivity contribution in [2.24, 2.45) is 0 Å². The molecule has 7 nitrogen and oxygen atoms in total. The maximum atomic E-state index is 5.33. The summed E-state index contributed by atoms with van der Waals surface area (Å²) in [6.45, 7) is 3.65. The van der Waals surface area contributed by atoms with Crippen LogP contribution in [0.5, 0.6) is 11.5 Å². The maximum absolute atomic E-state index is 5.33. The van der Waals surface area contributed by atoms with Gasteiger partial charge in [0.05, 0.1) is 0 Å². The highest BCUT2D eigenvalue weighted by atomic mass is 16.7. The quantitative estimate of drug-likeness (QED) is 0.870. The summed E-state index contributed by atoms with van der Waals surface area (Å²) in [6.07, 6.45) is 0. The topological polar surface area (TPSA) is 74.1 Å². The summed E-state index contributed by atoms with van der Waals surface area (Å²) in [4.78, 5) is 0. The summed E-state index contributed by atoms with van der Waals surface area (Å²) in [7, 11) is 0. The molecule has 7 heteroatoms. The smallest absolute Gasteiger partial charge is 0.243 e. The molecule has 0 aliphatic carbocycles. The summed E-state index contributed by atoms with van der Waals surface area (Å²) >= 11 is 0. The van der Waals surface area contributed by atoms with Crippen LogP contribution in [0.15, 0.2) is 18.2 Å². The van der Waals surface area contributed by atoms with E-state index in [2.05, 4.69) is 20.8 Å². The van der Waals surface area contributed by atoms with Gasteiger partial charge in [0, 0.05) is 13.1 Å². The molecular weight excluding hydrogens is 234 g/mol. The van der Waals surface area contributed by atoms with Crippen molar-refractivity contribution in [2.45, 2.75) is 20.0 Å². The zero-order valence-corrected chi connectivity index (χ0v) is 9.96. The fourth-order valence-corrected chi connectivity index (χ4v) is 1.78. The molecule has 1 aromatic carbocycles. The Morgan fingerprint density at radius 3 is 3.11 bits per heavy atom. The number of benzene rings is 1. The van der Waals surface area contributed by atoms with Crippen molar-refractivity contribution in [1.82, 2.24) is 20.2 Å². The van der Waals surface area contributed by atoms with Crippen molar-refractivity contribution < 1.29 is 9.47 Å². The van der Waals surface area contributed by atoms with E-state index >= 15 is 0 Å². The highest BCUT2D eigenvalue weighted by molar-refractivity contribution is 5.45. The second kappa shape index (κ2) is 4.52. The van der Waals surface area contributed by atoms with E-state index in [1.165, 1.54) is 0 Å². The number of tetrazole rings is 1. The van der Waals surface area contributed by atoms with Crippen molar-refractivity contribution in [3.8, 4) is 11.5 Å². The predicted octanol–water partition coefficient (Wildman–Crippen LogP) is 1.03. The van der Waals surface area contributed by atoms with Crippen LogP contribution < -0.4 is 14.8 Å². The van der Waals surface area contributed by atoms with Crippen molar-refractivity contribution in [3.63, 3.8) is 0 Å². The number of nitrogens with one attached hydrogen (secondary N) is 1. The van der Waals surface area contributed by atoms with Gasteiger partial charge >= 0.3 is 0 Å². The second-order valence-electron chi connectivity index (χ2n) is 3.86. The van der Waals surface area contributed by atoms with E-state index in [-0.39, 0.29) is 0 Å². The van der Waals surface area contributed by atoms with E-state index in [0.717, 1.165) is 23.6 Å². The Kier molecular flexibility index (Phi) is 2.71. The molecule has 2 aromatic rings. The van der Waals surface area contributed by atoms with Gasteiger partial charge in [0.15, 0.2) is 11.5 Å². The Bertz CT molecular complexity index is 554. The molecule has 1 aliphatic heterocycles. The maximum Gasteiger partial charge on any atom is 0.243 e. The average Bonchev–Trinajstić information content (AvgIpc) is 3.04. The lowest BCUT2D eigenvalue weighted by Gasteiger charge is -2.06. The lowest BCUT2D eigenvalue weighted by atomic mass is 10.2. The normalized spacial score (nSPS) is 12.7. The zero-order valence-electron chi connectivity index (χ0n) is 9.96. The van der Waals surface area contributed by atoms with Gasteiger partial charge in [-0.05, 0) is 35.0 Å². The van der Waals surface area contributed by atoms with Crippen LogP contribution in [-0.2, 0) is 13.1 Å². The van der Waals surface area contributed by atoms with E-state index in [1.54, 1.807) is 4.68 Å². The number of hydrogen-bond acceptors (Lipinski definition) is 6. The number of aromatic nitrogens is 4. The third kappa shape index (κ3) is 1.94.